The topological polar surface area (TPSA) is 79.0 Å². The molecule has 1 fully saturated rings. The molecule has 8 heteroatoms. The van der Waals surface area contributed by atoms with Crippen molar-refractivity contribution >= 4 is 15.9 Å². The summed E-state index contributed by atoms with van der Waals surface area (Å²) >= 11 is 0. The average Bonchev–Trinajstić information content (AvgIpc) is 2.59. The second-order valence-electron chi connectivity index (χ2n) is 7.83. The van der Waals surface area contributed by atoms with E-state index in [0.717, 1.165) is 31.6 Å². The molecule has 158 valence electrons. The van der Waals surface area contributed by atoms with Gasteiger partial charge in [0.15, 0.2) is 0 Å². The second-order valence-corrected chi connectivity index (χ2v) is 9.95. The van der Waals surface area contributed by atoms with Crippen LogP contribution in [0.2, 0.25) is 0 Å². The molecule has 2 unspecified atom stereocenters. The third kappa shape index (κ3) is 5.53. The van der Waals surface area contributed by atoms with Crippen LogP contribution in [0.3, 0.4) is 0 Å². The van der Waals surface area contributed by atoms with Crippen molar-refractivity contribution in [1.29, 1.82) is 0 Å². The van der Waals surface area contributed by atoms with Crippen LogP contribution in [0.5, 0.6) is 0 Å². The molecule has 1 amide bonds. The molecule has 1 aromatic rings. The van der Waals surface area contributed by atoms with E-state index >= 15 is 0 Å². The number of rotatable bonds is 7. The minimum atomic E-state index is -3.60. The van der Waals surface area contributed by atoms with Crippen LogP contribution in [0.15, 0.2) is 17.0 Å². The fraction of sp³-hybridized carbons (Fsp3) is 0.650. The van der Waals surface area contributed by atoms with Crippen LogP contribution < -0.4 is 5.32 Å². The molecule has 0 bridgehead atoms. The van der Waals surface area contributed by atoms with Gasteiger partial charge in [-0.15, -0.1) is 0 Å². The predicted octanol–water partition coefficient (Wildman–Crippen LogP) is 1.78. The highest BCUT2D eigenvalue weighted by Crippen LogP contribution is 2.23. The lowest BCUT2D eigenvalue weighted by Crippen LogP contribution is -2.46. The van der Waals surface area contributed by atoms with Crippen LogP contribution in [0.25, 0.3) is 0 Å². The summed E-state index contributed by atoms with van der Waals surface area (Å²) in [7, 11) is -0.621. The number of amides is 1. The van der Waals surface area contributed by atoms with E-state index in [4.69, 9.17) is 4.74 Å². The van der Waals surface area contributed by atoms with Gasteiger partial charge in [0, 0.05) is 45.8 Å². The van der Waals surface area contributed by atoms with Gasteiger partial charge in [-0.3, -0.25) is 9.69 Å². The van der Waals surface area contributed by atoms with Crippen molar-refractivity contribution < 1.29 is 17.9 Å². The molecule has 0 aromatic heterocycles. The van der Waals surface area contributed by atoms with Gasteiger partial charge in [-0.2, -0.15) is 0 Å². The SMILES string of the molecule is Cc1cc(C(=O)NCCCN2CC(C)OC(C)C2)cc(S(=O)(=O)N(C)C)c1C. The van der Waals surface area contributed by atoms with Gasteiger partial charge in [-0.1, -0.05) is 0 Å². The highest BCUT2D eigenvalue weighted by molar-refractivity contribution is 7.89. The molecule has 1 saturated heterocycles. The molecular weight excluding hydrogens is 378 g/mol. The van der Waals surface area contributed by atoms with Gasteiger partial charge in [0.2, 0.25) is 10.0 Å². The molecule has 2 rings (SSSR count). The van der Waals surface area contributed by atoms with Crippen LogP contribution in [-0.4, -0.2) is 76.0 Å². The van der Waals surface area contributed by atoms with E-state index in [0.29, 0.717) is 17.7 Å². The minimum Gasteiger partial charge on any atom is -0.373 e. The molecule has 28 heavy (non-hydrogen) atoms. The third-order valence-corrected chi connectivity index (χ3v) is 7.01. The highest BCUT2D eigenvalue weighted by atomic mass is 32.2. The summed E-state index contributed by atoms with van der Waals surface area (Å²) in [5, 5.41) is 2.91. The summed E-state index contributed by atoms with van der Waals surface area (Å²) in [5.41, 5.74) is 1.82. The first-order chi connectivity index (χ1) is 13.0. The van der Waals surface area contributed by atoms with E-state index in [1.165, 1.54) is 24.5 Å². The number of morpholine rings is 1. The van der Waals surface area contributed by atoms with E-state index in [9.17, 15) is 13.2 Å². The van der Waals surface area contributed by atoms with Crippen molar-refractivity contribution in [2.75, 3.05) is 40.3 Å². The molecule has 1 aliphatic rings. The predicted molar refractivity (Wildman–Crippen MR) is 110 cm³/mol. The zero-order valence-electron chi connectivity index (χ0n) is 17.8. The van der Waals surface area contributed by atoms with Crippen molar-refractivity contribution in [1.82, 2.24) is 14.5 Å². The van der Waals surface area contributed by atoms with Crippen LogP contribution >= 0.6 is 0 Å². The Balaban J connectivity index is 1.98. The number of aryl methyl sites for hydroxylation is 1. The highest BCUT2D eigenvalue weighted by Gasteiger charge is 2.23. The van der Waals surface area contributed by atoms with E-state index in [1.807, 2.05) is 6.92 Å². The van der Waals surface area contributed by atoms with Crippen molar-refractivity contribution in [3.63, 3.8) is 0 Å². The summed E-state index contributed by atoms with van der Waals surface area (Å²) in [6.45, 7) is 11.0. The van der Waals surface area contributed by atoms with Crippen LogP contribution in [0.4, 0.5) is 0 Å². The zero-order chi connectivity index (χ0) is 21.1. The number of nitrogens with zero attached hydrogens (tertiary/aromatic N) is 2. The van der Waals surface area contributed by atoms with Crippen molar-refractivity contribution in [2.45, 2.75) is 51.2 Å². The number of carbonyl (C=O) groups is 1. The normalized spacial score (nSPS) is 21.1. The first-order valence-corrected chi connectivity index (χ1v) is 11.2. The van der Waals surface area contributed by atoms with Gasteiger partial charge in [-0.05, 0) is 57.4 Å². The maximum absolute atomic E-state index is 12.6. The Labute approximate surface area is 169 Å². The fourth-order valence-corrected chi connectivity index (χ4v) is 4.71. The smallest absolute Gasteiger partial charge is 0.251 e. The molecule has 0 aliphatic carbocycles. The van der Waals surface area contributed by atoms with E-state index in [1.54, 1.807) is 13.0 Å². The summed E-state index contributed by atoms with van der Waals surface area (Å²) in [6.07, 6.45) is 1.29. The first-order valence-electron chi connectivity index (χ1n) is 9.72. The van der Waals surface area contributed by atoms with Crippen LogP contribution in [-0.2, 0) is 14.8 Å². The molecule has 7 nitrogen and oxygen atoms in total. The Morgan fingerprint density at radius 3 is 2.39 bits per heavy atom. The Hall–Kier alpha value is -1.48. The summed E-state index contributed by atoms with van der Waals surface area (Å²) in [4.78, 5) is 15.1. The van der Waals surface area contributed by atoms with E-state index < -0.39 is 10.0 Å². The number of ether oxygens (including phenoxy) is 1. The Bertz CT molecular complexity index is 798. The number of nitrogens with one attached hydrogen (secondary N) is 1. The van der Waals surface area contributed by atoms with Gasteiger partial charge >= 0.3 is 0 Å². The number of hydrogen-bond donors (Lipinski definition) is 1. The molecule has 1 aromatic carbocycles. The lowest BCUT2D eigenvalue weighted by atomic mass is 10.1. The molecule has 1 aliphatic heterocycles. The second kappa shape index (κ2) is 9.35. The fourth-order valence-electron chi connectivity index (χ4n) is 3.50. The van der Waals surface area contributed by atoms with Crippen molar-refractivity contribution in [3.8, 4) is 0 Å². The molecule has 0 radical (unpaired) electrons. The van der Waals surface area contributed by atoms with Gasteiger partial charge in [-0.25, -0.2) is 12.7 Å². The maximum atomic E-state index is 12.6. The standard InChI is InChI=1S/C20H33N3O4S/c1-14-10-18(11-19(17(14)4)28(25,26)22(5)6)20(24)21-8-7-9-23-12-15(2)27-16(3)13-23/h10-11,15-16H,7-9,12-13H2,1-6H3,(H,21,24). The molecule has 0 spiro atoms. The zero-order valence-corrected chi connectivity index (χ0v) is 18.6. The van der Waals surface area contributed by atoms with Crippen LogP contribution in [0, 0.1) is 13.8 Å². The van der Waals surface area contributed by atoms with Gasteiger partial charge in [0.1, 0.15) is 0 Å². The Morgan fingerprint density at radius 1 is 1.21 bits per heavy atom. The largest absolute Gasteiger partial charge is 0.373 e. The summed E-state index contributed by atoms with van der Waals surface area (Å²) in [6, 6.07) is 3.21. The third-order valence-electron chi connectivity index (χ3n) is 5.07. The quantitative estimate of drug-likeness (QED) is 0.692. The number of sulfonamides is 1. The monoisotopic (exact) mass is 411 g/mol. The maximum Gasteiger partial charge on any atom is 0.251 e. The molecule has 0 saturated carbocycles. The lowest BCUT2D eigenvalue weighted by Gasteiger charge is -2.35. The molecule has 2 atom stereocenters. The van der Waals surface area contributed by atoms with Gasteiger partial charge < -0.3 is 10.1 Å². The van der Waals surface area contributed by atoms with Gasteiger partial charge in [0.05, 0.1) is 17.1 Å². The molecule has 1 heterocycles. The van der Waals surface area contributed by atoms with Crippen LogP contribution in [0.1, 0.15) is 41.8 Å². The van der Waals surface area contributed by atoms with Gasteiger partial charge in [0.25, 0.3) is 5.91 Å². The van der Waals surface area contributed by atoms with Crippen molar-refractivity contribution in [2.24, 2.45) is 0 Å². The number of carbonyl (C=O) groups excluding carboxylic acids is 1. The number of hydrogen-bond acceptors (Lipinski definition) is 5. The summed E-state index contributed by atoms with van der Waals surface area (Å²) in [5.74, 6) is -0.248. The Morgan fingerprint density at radius 2 is 1.82 bits per heavy atom. The molecule has 1 N–H and O–H groups in total. The minimum absolute atomic E-state index is 0.180. The lowest BCUT2D eigenvalue weighted by molar-refractivity contribution is -0.0680. The van der Waals surface area contributed by atoms with Crippen molar-refractivity contribution in [3.05, 3.63) is 28.8 Å². The first kappa shape index (κ1) is 22.8. The Kier molecular flexibility index (Phi) is 7.61. The molecular formula is C20H33N3O4S. The van der Waals surface area contributed by atoms with E-state index in [-0.39, 0.29) is 23.0 Å². The van der Waals surface area contributed by atoms with E-state index in [2.05, 4.69) is 24.1 Å². The summed E-state index contributed by atoms with van der Waals surface area (Å²) < 4.78 is 32.0. The number of benzene rings is 1. The average molecular weight is 412 g/mol.